The average Bonchev–Trinajstić information content (AvgIpc) is 3.51. The summed E-state index contributed by atoms with van der Waals surface area (Å²) < 4.78 is 182. The molecule has 0 spiro atoms. The van der Waals surface area contributed by atoms with E-state index in [1.807, 2.05) is 15.2 Å². The quantitative estimate of drug-likeness (QED) is 0.0424. The third-order valence-corrected chi connectivity index (χ3v) is 8.05. The molecule has 0 aliphatic carbocycles. The van der Waals surface area contributed by atoms with Gasteiger partial charge in [0.05, 0.1) is 54.6 Å². The predicted octanol–water partition coefficient (Wildman–Crippen LogP) is 4.01. The monoisotopic (exact) mass is 858 g/mol. The second kappa shape index (κ2) is 20.9. The summed E-state index contributed by atoms with van der Waals surface area (Å²) in [5.74, 6) is 0.368. The van der Waals surface area contributed by atoms with Crippen LogP contribution in [-0.2, 0) is 43.7 Å². The normalized spacial score (nSPS) is 16.7. The van der Waals surface area contributed by atoms with E-state index in [4.69, 9.17) is 18.9 Å². The molecule has 1 fully saturated rings. The number of guanidine groups is 1. The van der Waals surface area contributed by atoms with Crippen LogP contribution in [0.1, 0.15) is 35.1 Å². The molecule has 1 saturated heterocycles. The van der Waals surface area contributed by atoms with Gasteiger partial charge in [-0.05, 0) is 49.2 Å². The number of amidine groups is 1. The van der Waals surface area contributed by atoms with Crippen LogP contribution in [0, 0.1) is 0 Å². The number of ether oxygens (including phenoxy) is 4. The number of rotatable bonds is 16. The maximum Gasteiger partial charge on any atom is 0.441 e. The Morgan fingerprint density at radius 1 is 0.707 bits per heavy atom. The van der Waals surface area contributed by atoms with Gasteiger partial charge in [0, 0.05) is 25.6 Å². The highest BCUT2D eigenvalue weighted by Crippen LogP contribution is 2.39. The van der Waals surface area contributed by atoms with E-state index in [2.05, 4.69) is 15.6 Å². The number of hydrogen-bond donors (Lipinski definition) is 5. The smallest absolute Gasteiger partial charge is 0.441 e. The van der Waals surface area contributed by atoms with Crippen LogP contribution < -0.4 is 31.7 Å². The molecular weight excluding hydrogens is 818 g/mol. The van der Waals surface area contributed by atoms with Gasteiger partial charge in [-0.1, -0.05) is 0 Å². The molecule has 0 unspecified atom stereocenters. The average molecular weight is 859 g/mol. The second-order valence-corrected chi connectivity index (χ2v) is 12.4. The first-order valence-corrected chi connectivity index (χ1v) is 17.0. The number of urea groups is 1. The number of hydrogen-bond acceptors (Lipinski definition) is 7. The Hall–Kier alpha value is -4.59. The lowest BCUT2D eigenvalue weighted by atomic mass is 10.1. The van der Waals surface area contributed by atoms with Crippen molar-refractivity contribution >= 4 is 29.4 Å². The van der Waals surface area contributed by atoms with Gasteiger partial charge in [-0.15, -0.1) is 0 Å². The zero-order chi connectivity index (χ0) is 43.3. The number of nitrogens with two attached hydrogens (primary N) is 1. The number of quaternary nitrogens is 1. The van der Waals surface area contributed by atoms with Crippen LogP contribution in [0.4, 0.5) is 68.9 Å². The van der Waals surface area contributed by atoms with E-state index in [-0.39, 0.29) is 77.2 Å². The van der Waals surface area contributed by atoms with Gasteiger partial charge in [-0.3, -0.25) is 4.99 Å². The number of benzene rings is 2. The molecule has 58 heavy (non-hydrogen) atoms. The molecule has 1 heterocycles. The number of anilines is 2. The summed E-state index contributed by atoms with van der Waals surface area (Å²) in [4.78, 5) is 16.2. The standard InChI is InChI=1S/C33H39F12N7O6/c1-55-17-57-15-25-3-4-26(16-58-18-56-2)52(25)27(46-5-7-48-28(53)50-23-11-19(30(34,35)36)9-20(12-23)31(37,38)39)47-6-8-49-29(54)51-24-13-21(32(40,41)42)10-22(14-24)33(43,44)45/h9-14,25-26H,3-8,15-18H2,1-2H3,(H5,46,47,48,49,50,51,53,54)/p+1/t25-,26-/m0/s1. The van der Waals surface area contributed by atoms with Gasteiger partial charge < -0.3 is 40.0 Å². The molecule has 1 aliphatic heterocycles. The Morgan fingerprint density at radius 2 is 1.14 bits per heavy atom. The van der Waals surface area contributed by atoms with Crippen molar-refractivity contribution < 1.29 is 91.4 Å². The molecule has 6 N–H and O–H groups in total. The predicted molar refractivity (Wildman–Crippen MR) is 178 cm³/mol. The van der Waals surface area contributed by atoms with E-state index in [1.165, 1.54) is 14.2 Å². The fraction of sp³-hybridized carbons (Fsp3) is 0.545. The fourth-order valence-electron chi connectivity index (χ4n) is 5.61. The van der Waals surface area contributed by atoms with Gasteiger partial charge in [0.25, 0.3) is 0 Å². The lowest BCUT2D eigenvalue weighted by Crippen LogP contribution is -2.94. The van der Waals surface area contributed by atoms with E-state index in [0.29, 0.717) is 43.1 Å². The molecule has 2 aromatic carbocycles. The highest BCUT2D eigenvalue weighted by atomic mass is 19.4. The molecule has 0 bridgehead atoms. The van der Waals surface area contributed by atoms with E-state index < -0.39 is 70.4 Å². The number of alkyl halides is 12. The largest absolute Gasteiger partial charge is 0.846 e. The summed E-state index contributed by atoms with van der Waals surface area (Å²) in [6, 6.07) is -1.87. The first-order chi connectivity index (χ1) is 27.0. The van der Waals surface area contributed by atoms with Crippen molar-refractivity contribution in [1.82, 2.24) is 10.6 Å². The second-order valence-electron chi connectivity index (χ2n) is 12.4. The van der Waals surface area contributed by atoms with Gasteiger partial charge in [0.1, 0.15) is 38.8 Å². The molecule has 326 valence electrons. The molecule has 0 aromatic heterocycles. The maximum atomic E-state index is 13.3. The summed E-state index contributed by atoms with van der Waals surface area (Å²) in [6.07, 6.45) is -19.4. The van der Waals surface area contributed by atoms with Crippen molar-refractivity contribution in [3.63, 3.8) is 0 Å². The number of nitrogens with one attached hydrogen (secondary N) is 4. The Labute approximate surface area is 322 Å². The van der Waals surface area contributed by atoms with Crippen molar-refractivity contribution in [2.45, 2.75) is 49.6 Å². The van der Waals surface area contributed by atoms with E-state index in [9.17, 15) is 62.6 Å². The first-order valence-electron chi connectivity index (χ1n) is 17.0. The van der Waals surface area contributed by atoms with Gasteiger partial charge in [-0.2, -0.15) is 52.7 Å². The lowest BCUT2D eigenvalue weighted by molar-refractivity contribution is -0.667. The number of amides is 2. The highest BCUT2D eigenvalue weighted by Gasteiger charge is 2.40. The Balaban J connectivity index is 1.78. The van der Waals surface area contributed by atoms with E-state index >= 15 is 0 Å². The minimum absolute atomic E-state index is 0.00859. The summed E-state index contributed by atoms with van der Waals surface area (Å²) in [7, 11) is 2.82. The molecule has 13 nitrogen and oxygen atoms in total. The summed E-state index contributed by atoms with van der Waals surface area (Å²) >= 11 is 0. The van der Waals surface area contributed by atoms with Crippen LogP contribution in [-0.4, -0.2) is 102 Å². The minimum Gasteiger partial charge on any atom is -0.846 e. The summed E-state index contributed by atoms with van der Waals surface area (Å²) in [5, 5.41) is 23.3. The van der Waals surface area contributed by atoms with Crippen LogP contribution in [0.2, 0.25) is 0 Å². The lowest BCUT2D eigenvalue weighted by Gasteiger charge is -2.19. The first kappa shape index (κ1) is 47.8. The van der Waals surface area contributed by atoms with Crippen molar-refractivity contribution in [2.75, 3.05) is 77.8 Å². The van der Waals surface area contributed by atoms with Crippen LogP contribution in [0.25, 0.3) is 0 Å². The highest BCUT2D eigenvalue weighted by molar-refractivity contribution is 5.89. The minimum atomic E-state index is -5.15. The van der Waals surface area contributed by atoms with Gasteiger partial charge >= 0.3 is 36.7 Å². The molecule has 3 rings (SSSR count). The van der Waals surface area contributed by atoms with Crippen molar-refractivity contribution in [1.29, 1.82) is 0 Å². The van der Waals surface area contributed by atoms with Crippen LogP contribution in [0.15, 0.2) is 41.4 Å². The summed E-state index contributed by atoms with van der Waals surface area (Å²) in [5.41, 5.74) is -8.13. The fourth-order valence-corrected chi connectivity index (χ4v) is 5.61. The molecular formula is C33H40F12N7O6+. The Kier molecular flexibility index (Phi) is 17.2. The third-order valence-electron chi connectivity index (χ3n) is 8.05. The van der Waals surface area contributed by atoms with Gasteiger partial charge in [0.15, 0.2) is 0 Å². The molecule has 2 atom stereocenters. The van der Waals surface area contributed by atoms with Crippen molar-refractivity contribution in [3.8, 4) is 0 Å². The molecule has 1 aliphatic rings. The molecule has 25 heteroatoms. The summed E-state index contributed by atoms with van der Waals surface area (Å²) in [6.45, 7) is -0.486. The van der Waals surface area contributed by atoms with E-state index in [1.54, 1.807) is 5.32 Å². The number of aliphatic imine (C=N–C) groups is 1. The number of nitrogens with zero attached hydrogens (tertiary/aromatic N) is 2. The molecule has 2 amide bonds. The Bertz CT molecular complexity index is 1640. The van der Waals surface area contributed by atoms with Crippen LogP contribution >= 0.6 is 0 Å². The van der Waals surface area contributed by atoms with Gasteiger partial charge in [-0.25, -0.2) is 20.0 Å². The molecule has 0 radical (unpaired) electrons. The zero-order valence-electron chi connectivity index (χ0n) is 30.6. The SMILES string of the molecule is COCOC[C@@H]1CC[C@@H](COCOC)[N+]1=C(NCCN=C([O-])Nc1cc(C(F)(F)F)cc(C(F)(F)F)c1)[NH2+]CCNC(=O)Nc1cc(C(F)(F)F)cc(C(F)(F)F)c1. The maximum absolute atomic E-state index is 13.3. The van der Waals surface area contributed by atoms with Crippen molar-refractivity contribution in [2.24, 2.45) is 4.99 Å². The van der Waals surface area contributed by atoms with Crippen LogP contribution in [0.3, 0.4) is 0 Å². The van der Waals surface area contributed by atoms with Crippen molar-refractivity contribution in [3.05, 3.63) is 58.7 Å². The third kappa shape index (κ3) is 15.3. The topological polar surface area (TPSA) is 157 Å². The number of carbonyl (C=O) groups is 1. The number of halogens is 12. The Morgan fingerprint density at radius 3 is 1.55 bits per heavy atom. The zero-order valence-corrected chi connectivity index (χ0v) is 30.6. The van der Waals surface area contributed by atoms with E-state index in [0.717, 1.165) is 0 Å². The molecule has 2 aromatic rings. The van der Waals surface area contributed by atoms with Crippen LogP contribution in [0.5, 0.6) is 0 Å². The number of carbonyl (C=O) groups excluding carboxylic acids is 1. The van der Waals surface area contributed by atoms with Gasteiger partial charge in [0.2, 0.25) is 0 Å². The number of methoxy groups -OCH3 is 2. The molecule has 0 saturated carbocycles.